The van der Waals surface area contributed by atoms with Crippen LogP contribution in [0.25, 0.3) is 0 Å². The van der Waals surface area contributed by atoms with Gasteiger partial charge in [0.25, 0.3) is 0 Å². The van der Waals surface area contributed by atoms with Crippen LogP contribution in [-0.2, 0) is 14.3 Å². The molecule has 0 N–H and O–H groups in total. The lowest BCUT2D eigenvalue weighted by Crippen LogP contribution is -2.27. The van der Waals surface area contributed by atoms with Gasteiger partial charge in [0.15, 0.2) is 0 Å². The third kappa shape index (κ3) is 4.19. The number of carbonyl (C=O) groups is 1. The van der Waals surface area contributed by atoms with Crippen molar-refractivity contribution in [1.29, 1.82) is 0 Å². The fourth-order valence-corrected chi connectivity index (χ4v) is 3.01. The molecule has 1 saturated carbocycles. The Morgan fingerprint density at radius 2 is 2.10 bits per heavy atom. The highest BCUT2D eigenvalue weighted by Gasteiger charge is 2.30. The Morgan fingerprint density at radius 3 is 2.65 bits per heavy atom. The van der Waals surface area contributed by atoms with Gasteiger partial charge in [-0.3, -0.25) is 4.79 Å². The number of esters is 1. The minimum absolute atomic E-state index is 0.0904. The van der Waals surface area contributed by atoms with Crippen molar-refractivity contribution in [2.45, 2.75) is 44.8 Å². The van der Waals surface area contributed by atoms with Crippen LogP contribution < -0.4 is 0 Å². The first kappa shape index (κ1) is 15.8. The van der Waals surface area contributed by atoms with Crippen LogP contribution in [0.1, 0.15) is 44.3 Å². The Balaban J connectivity index is 2.06. The fraction of sp³-hybridized carbons (Fsp3) is 0.562. The molecule has 0 spiro atoms. The lowest BCUT2D eigenvalue weighted by atomic mass is 10.0. The molecule has 3 nitrogen and oxygen atoms in total. The number of carbonyl (C=O) groups excluding carboxylic acids is 1. The average Bonchev–Trinajstić information content (AvgIpc) is 3.24. The summed E-state index contributed by atoms with van der Waals surface area (Å²) in [5.41, 5.74) is 1.08. The Kier molecular flexibility index (Phi) is 5.84. The summed E-state index contributed by atoms with van der Waals surface area (Å²) in [6, 6.07) is 8.06. The highest BCUT2D eigenvalue weighted by atomic mass is 127. The van der Waals surface area contributed by atoms with Gasteiger partial charge in [0.2, 0.25) is 0 Å². The highest BCUT2D eigenvalue weighted by molar-refractivity contribution is 14.1. The predicted octanol–water partition coefficient (Wildman–Crippen LogP) is 4.10. The maximum Gasteiger partial charge on any atom is 0.306 e. The van der Waals surface area contributed by atoms with Crippen LogP contribution >= 0.6 is 22.6 Å². The first-order valence-corrected chi connectivity index (χ1v) is 8.20. The monoisotopic (exact) mass is 388 g/mol. The average molecular weight is 388 g/mol. The molecule has 1 fully saturated rings. The maximum atomic E-state index is 11.9. The van der Waals surface area contributed by atoms with Gasteiger partial charge in [0.1, 0.15) is 12.2 Å². The molecule has 1 aromatic rings. The number of ether oxygens (including phenoxy) is 2. The lowest BCUT2D eigenvalue weighted by molar-refractivity contribution is -0.157. The number of benzene rings is 1. The van der Waals surface area contributed by atoms with Crippen LogP contribution in [0.15, 0.2) is 24.3 Å². The Hall–Kier alpha value is -0.620. The van der Waals surface area contributed by atoms with Gasteiger partial charge in [0, 0.05) is 17.1 Å². The number of methoxy groups -OCH3 is 1. The van der Waals surface area contributed by atoms with E-state index in [4.69, 9.17) is 9.47 Å². The molecule has 0 bridgehead atoms. The summed E-state index contributed by atoms with van der Waals surface area (Å²) in [5.74, 6) is 0.463. The van der Waals surface area contributed by atoms with Gasteiger partial charge in [-0.2, -0.15) is 0 Å². The van der Waals surface area contributed by atoms with E-state index in [2.05, 4.69) is 22.6 Å². The van der Waals surface area contributed by atoms with Gasteiger partial charge in [-0.05, 0) is 59.4 Å². The second-order valence-corrected chi connectivity index (χ2v) is 6.42. The molecule has 0 unspecified atom stereocenters. The van der Waals surface area contributed by atoms with Gasteiger partial charge >= 0.3 is 5.97 Å². The zero-order chi connectivity index (χ0) is 14.5. The summed E-state index contributed by atoms with van der Waals surface area (Å²) >= 11 is 2.29. The second-order valence-electron chi connectivity index (χ2n) is 5.26. The number of rotatable bonds is 7. The molecule has 0 aliphatic heterocycles. The summed E-state index contributed by atoms with van der Waals surface area (Å²) in [6.45, 7) is 2.02. The molecular formula is C16H21IO3. The summed E-state index contributed by atoms with van der Waals surface area (Å²) in [4.78, 5) is 11.9. The third-order valence-corrected chi connectivity index (χ3v) is 4.62. The number of hydrogen-bond acceptors (Lipinski definition) is 3. The van der Waals surface area contributed by atoms with Crippen molar-refractivity contribution in [3.63, 3.8) is 0 Å². The van der Waals surface area contributed by atoms with Crippen molar-refractivity contribution in [1.82, 2.24) is 0 Å². The van der Waals surface area contributed by atoms with E-state index in [0.29, 0.717) is 12.3 Å². The second kappa shape index (κ2) is 7.41. The van der Waals surface area contributed by atoms with Gasteiger partial charge in [-0.1, -0.05) is 25.1 Å². The van der Waals surface area contributed by atoms with E-state index in [1.165, 1.54) is 0 Å². The highest BCUT2D eigenvalue weighted by Crippen LogP contribution is 2.34. The van der Waals surface area contributed by atoms with E-state index >= 15 is 0 Å². The van der Waals surface area contributed by atoms with E-state index in [1.807, 2.05) is 31.2 Å². The molecular weight excluding hydrogens is 367 g/mol. The van der Waals surface area contributed by atoms with E-state index < -0.39 is 0 Å². The molecule has 2 rings (SSSR count). The predicted molar refractivity (Wildman–Crippen MR) is 86.4 cm³/mol. The van der Waals surface area contributed by atoms with Crippen LogP contribution in [-0.4, -0.2) is 19.2 Å². The molecule has 4 heteroatoms. The van der Waals surface area contributed by atoms with Crippen molar-refractivity contribution >= 4 is 28.6 Å². The van der Waals surface area contributed by atoms with E-state index in [9.17, 15) is 4.79 Å². The van der Waals surface area contributed by atoms with E-state index in [1.54, 1.807) is 7.11 Å². The largest absolute Gasteiger partial charge is 0.459 e. The summed E-state index contributed by atoms with van der Waals surface area (Å²) in [5, 5.41) is 0. The van der Waals surface area contributed by atoms with E-state index in [-0.39, 0.29) is 18.2 Å². The van der Waals surface area contributed by atoms with Gasteiger partial charge < -0.3 is 9.47 Å². The molecule has 1 aliphatic carbocycles. The maximum absolute atomic E-state index is 11.9. The third-order valence-electron chi connectivity index (χ3n) is 3.64. The van der Waals surface area contributed by atoms with Crippen molar-refractivity contribution < 1.29 is 14.3 Å². The molecule has 1 aromatic carbocycles. The molecule has 2 atom stereocenters. The van der Waals surface area contributed by atoms with E-state index in [0.717, 1.165) is 28.4 Å². The first-order chi connectivity index (χ1) is 9.65. The molecule has 0 saturated heterocycles. The zero-order valence-electron chi connectivity index (χ0n) is 12.0. The van der Waals surface area contributed by atoms with Gasteiger partial charge in [-0.15, -0.1) is 0 Å². The number of halogens is 1. The SMILES string of the molecule is CC[C@H](OC(=O)CC1CC1)[C@@H](OC)c1ccccc1I. The molecule has 0 radical (unpaired) electrons. The van der Waals surface area contributed by atoms with Crippen molar-refractivity contribution in [2.75, 3.05) is 7.11 Å². The Labute approximate surface area is 134 Å². The van der Waals surface area contributed by atoms with Crippen LogP contribution in [0, 0.1) is 9.49 Å². The molecule has 0 aromatic heterocycles. The molecule has 0 amide bonds. The molecule has 110 valence electrons. The minimum atomic E-state index is -0.220. The van der Waals surface area contributed by atoms with Crippen molar-refractivity contribution in [2.24, 2.45) is 5.92 Å². The van der Waals surface area contributed by atoms with Crippen molar-refractivity contribution in [3.05, 3.63) is 33.4 Å². The quantitative estimate of drug-likeness (QED) is 0.521. The number of hydrogen-bond donors (Lipinski definition) is 0. The van der Waals surface area contributed by atoms with Gasteiger partial charge in [0.05, 0.1) is 0 Å². The first-order valence-electron chi connectivity index (χ1n) is 7.12. The van der Waals surface area contributed by atoms with Gasteiger partial charge in [-0.25, -0.2) is 0 Å². The normalized spacial score (nSPS) is 17.6. The lowest BCUT2D eigenvalue weighted by Gasteiger charge is -2.26. The summed E-state index contributed by atoms with van der Waals surface area (Å²) in [6.07, 6.45) is 3.21. The Morgan fingerprint density at radius 1 is 1.40 bits per heavy atom. The smallest absolute Gasteiger partial charge is 0.306 e. The zero-order valence-corrected chi connectivity index (χ0v) is 14.1. The van der Waals surface area contributed by atoms with Crippen LogP contribution in [0.4, 0.5) is 0 Å². The minimum Gasteiger partial charge on any atom is -0.459 e. The summed E-state index contributed by atoms with van der Waals surface area (Å²) in [7, 11) is 1.67. The van der Waals surface area contributed by atoms with Crippen molar-refractivity contribution in [3.8, 4) is 0 Å². The topological polar surface area (TPSA) is 35.5 Å². The van der Waals surface area contributed by atoms with Crippen LogP contribution in [0.5, 0.6) is 0 Å². The summed E-state index contributed by atoms with van der Waals surface area (Å²) < 4.78 is 12.4. The fourth-order valence-electron chi connectivity index (χ4n) is 2.32. The van der Waals surface area contributed by atoms with Crippen LogP contribution in [0.2, 0.25) is 0 Å². The molecule has 1 aliphatic rings. The molecule has 20 heavy (non-hydrogen) atoms. The Bertz CT molecular complexity index is 457. The standard InChI is InChI=1S/C16H21IO3/c1-3-14(20-15(18)10-11-8-9-11)16(19-2)12-6-4-5-7-13(12)17/h4-7,11,14,16H,3,8-10H2,1-2H3/t14-,16-/m0/s1. The van der Waals surface area contributed by atoms with Crippen LogP contribution in [0.3, 0.4) is 0 Å². The molecule has 0 heterocycles.